The number of rotatable bonds is 8. The van der Waals surface area contributed by atoms with Crippen molar-refractivity contribution < 1.29 is 5.11 Å². The van der Waals surface area contributed by atoms with E-state index in [2.05, 4.69) is 41.2 Å². The van der Waals surface area contributed by atoms with Gasteiger partial charge in [-0.05, 0) is 30.7 Å². The normalized spacial score (nSPS) is 11.6. The van der Waals surface area contributed by atoms with E-state index in [9.17, 15) is 0 Å². The van der Waals surface area contributed by atoms with Gasteiger partial charge in [-0.1, -0.05) is 13.3 Å². The van der Waals surface area contributed by atoms with Gasteiger partial charge in [0.25, 0.3) is 0 Å². The molecule has 0 atom stereocenters. The molecule has 0 aliphatic heterocycles. The monoisotopic (exact) mass is 241 g/mol. The predicted molar refractivity (Wildman–Crippen MR) is 65.4 cm³/mol. The molecule has 6 heteroatoms. The fourth-order valence-corrected chi connectivity index (χ4v) is 1.65. The van der Waals surface area contributed by atoms with Gasteiger partial charge in [-0.25, -0.2) is 4.68 Å². The summed E-state index contributed by atoms with van der Waals surface area (Å²) in [6.07, 6.45) is 2.21. The molecule has 1 aromatic heterocycles. The first-order chi connectivity index (χ1) is 8.19. The molecule has 0 aromatic carbocycles. The van der Waals surface area contributed by atoms with Crippen LogP contribution in [0.4, 0.5) is 0 Å². The van der Waals surface area contributed by atoms with Crippen molar-refractivity contribution in [2.45, 2.75) is 52.7 Å². The van der Waals surface area contributed by atoms with E-state index in [1.165, 1.54) is 0 Å². The van der Waals surface area contributed by atoms with Crippen LogP contribution in [-0.4, -0.2) is 49.4 Å². The Morgan fingerprint density at radius 2 is 2.18 bits per heavy atom. The average Bonchev–Trinajstić information content (AvgIpc) is 2.73. The average molecular weight is 241 g/mol. The molecule has 98 valence electrons. The standard InChI is InChI=1S/C11H23N5O/c1-4-5-6-16-11(12-13-14-16)9-15(7-8-17)10(2)3/h10,17H,4-9H2,1-3H3. The largest absolute Gasteiger partial charge is 0.395 e. The van der Waals surface area contributed by atoms with Crippen LogP contribution in [0.2, 0.25) is 0 Å². The number of hydrogen-bond acceptors (Lipinski definition) is 5. The lowest BCUT2D eigenvalue weighted by Crippen LogP contribution is -2.34. The quantitative estimate of drug-likeness (QED) is 0.725. The van der Waals surface area contributed by atoms with E-state index in [1.54, 1.807) is 0 Å². The van der Waals surface area contributed by atoms with E-state index in [-0.39, 0.29) is 6.61 Å². The highest BCUT2D eigenvalue weighted by Gasteiger charge is 2.14. The summed E-state index contributed by atoms with van der Waals surface area (Å²) in [6, 6.07) is 0.374. The lowest BCUT2D eigenvalue weighted by Gasteiger charge is -2.24. The Balaban J connectivity index is 2.61. The first kappa shape index (κ1) is 14.1. The molecule has 1 N–H and O–H groups in total. The number of tetrazole rings is 1. The van der Waals surface area contributed by atoms with Gasteiger partial charge < -0.3 is 5.11 Å². The van der Waals surface area contributed by atoms with Crippen molar-refractivity contribution in [1.82, 2.24) is 25.1 Å². The van der Waals surface area contributed by atoms with Gasteiger partial charge in [-0.15, -0.1) is 5.10 Å². The molecule has 0 saturated carbocycles. The molecule has 0 saturated heterocycles. The van der Waals surface area contributed by atoms with Gasteiger partial charge in [0.05, 0.1) is 13.2 Å². The molecular formula is C11H23N5O. The fraction of sp³-hybridized carbons (Fsp3) is 0.909. The van der Waals surface area contributed by atoms with Gasteiger partial charge in [0.2, 0.25) is 0 Å². The van der Waals surface area contributed by atoms with E-state index < -0.39 is 0 Å². The Kier molecular flexibility index (Phi) is 6.07. The summed E-state index contributed by atoms with van der Waals surface area (Å²) in [7, 11) is 0. The number of aromatic nitrogens is 4. The first-order valence-electron chi connectivity index (χ1n) is 6.29. The molecule has 17 heavy (non-hydrogen) atoms. The molecule has 0 unspecified atom stereocenters. The zero-order valence-electron chi connectivity index (χ0n) is 11.0. The predicted octanol–water partition coefficient (Wildman–Crippen LogP) is 0.676. The van der Waals surface area contributed by atoms with Crippen molar-refractivity contribution >= 4 is 0 Å². The van der Waals surface area contributed by atoms with E-state index >= 15 is 0 Å². The Morgan fingerprint density at radius 1 is 1.41 bits per heavy atom. The molecule has 1 heterocycles. The van der Waals surface area contributed by atoms with Crippen molar-refractivity contribution in [2.75, 3.05) is 13.2 Å². The highest BCUT2D eigenvalue weighted by Crippen LogP contribution is 2.05. The second-order valence-corrected chi connectivity index (χ2v) is 4.46. The third kappa shape index (κ3) is 4.40. The lowest BCUT2D eigenvalue weighted by atomic mass is 10.3. The van der Waals surface area contributed by atoms with Gasteiger partial charge in [0.1, 0.15) is 0 Å². The van der Waals surface area contributed by atoms with Crippen molar-refractivity contribution in [3.05, 3.63) is 5.82 Å². The van der Waals surface area contributed by atoms with Crippen molar-refractivity contribution in [3.63, 3.8) is 0 Å². The fourth-order valence-electron chi connectivity index (χ4n) is 1.65. The van der Waals surface area contributed by atoms with Crippen LogP contribution in [0.5, 0.6) is 0 Å². The van der Waals surface area contributed by atoms with Gasteiger partial charge >= 0.3 is 0 Å². The number of unbranched alkanes of at least 4 members (excludes halogenated alkanes) is 1. The summed E-state index contributed by atoms with van der Waals surface area (Å²) >= 11 is 0. The Morgan fingerprint density at radius 3 is 2.76 bits per heavy atom. The molecule has 0 spiro atoms. The molecule has 0 radical (unpaired) electrons. The number of aliphatic hydroxyl groups is 1. The highest BCUT2D eigenvalue weighted by molar-refractivity contribution is 4.82. The zero-order valence-corrected chi connectivity index (χ0v) is 11.0. The molecule has 0 aliphatic carbocycles. The van der Waals surface area contributed by atoms with Crippen LogP contribution >= 0.6 is 0 Å². The van der Waals surface area contributed by atoms with Crippen molar-refractivity contribution in [1.29, 1.82) is 0 Å². The van der Waals surface area contributed by atoms with Crippen molar-refractivity contribution in [3.8, 4) is 0 Å². The molecule has 0 fully saturated rings. The highest BCUT2D eigenvalue weighted by atomic mass is 16.3. The molecule has 1 rings (SSSR count). The van der Waals surface area contributed by atoms with E-state index in [0.717, 1.165) is 25.2 Å². The number of aliphatic hydroxyl groups excluding tert-OH is 1. The second kappa shape index (κ2) is 7.34. The minimum Gasteiger partial charge on any atom is -0.395 e. The molecule has 0 amide bonds. The van der Waals surface area contributed by atoms with Crippen LogP contribution in [0.3, 0.4) is 0 Å². The van der Waals surface area contributed by atoms with Crippen LogP contribution in [0.15, 0.2) is 0 Å². The summed E-state index contributed by atoms with van der Waals surface area (Å²) in [4.78, 5) is 2.16. The van der Waals surface area contributed by atoms with E-state index in [4.69, 9.17) is 5.11 Å². The Bertz CT molecular complexity index is 313. The lowest BCUT2D eigenvalue weighted by molar-refractivity contribution is 0.154. The third-order valence-electron chi connectivity index (χ3n) is 2.79. The number of aryl methyl sites for hydroxylation is 1. The minimum absolute atomic E-state index is 0.161. The van der Waals surface area contributed by atoms with Crippen molar-refractivity contribution in [2.24, 2.45) is 0 Å². The Labute approximate surface area is 103 Å². The van der Waals surface area contributed by atoms with Crippen LogP contribution in [0.25, 0.3) is 0 Å². The zero-order chi connectivity index (χ0) is 12.7. The van der Waals surface area contributed by atoms with Gasteiger partial charge in [-0.2, -0.15) is 0 Å². The summed E-state index contributed by atoms with van der Waals surface area (Å²) in [5.41, 5.74) is 0. The molecular weight excluding hydrogens is 218 g/mol. The first-order valence-corrected chi connectivity index (χ1v) is 6.29. The summed E-state index contributed by atoms with van der Waals surface area (Å²) < 4.78 is 1.86. The SMILES string of the molecule is CCCCn1nnnc1CN(CCO)C(C)C. The van der Waals surface area contributed by atoms with Crippen LogP contribution < -0.4 is 0 Å². The maximum Gasteiger partial charge on any atom is 0.165 e. The van der Waals surface area contributed by atoms with Gasteiger partial charge in [0.15, 0.2) is 5.82 Å². The summed E-state index contributed by atoms with van der Waals surface area (Å²) in [5, 5.41) is 20.8. The topological polar surface area (TPSA) is 67.1 Å². The maximum absolute atomic E-state index is 9.02. The van der Waals surface area contributed by atoms with E-state index in [1.807, 2.05) is 4.68 Å². The van der Waals surface area contributed by atoms with Crippen LogP contribution in [0.1, 0.15) is 39.4 Å². The molecule has 6 nitrogen and oxygen atoms in total. The van der Waals surface area contributed by atoms with Gasteiger partial charge in [-0.3, -0.25) is 4.90 Å². The summed E-state index contributed by atoms with van der Waals surface area (Å²) in [6.45, 7) is 8.73. The second-order valence-electron chi connectivity index (χ2n) is 4.46. The molecule has 0 aliphatic rings. The van der Waals surface area contributed by atoms with Gasteiger partial charge in [0, 0.05) is 19.1 Å². The third-order valence-corrected chi connectivity index (χ3v) is 2.79. The smallest absolute Gasteiger partial charge is 0.165 e. The van der Waals surface area contributed by atoms with Crippen LogP contribution in [-0.2, 0) is 13.1 Å². The Hall–Kier alpha value is -1.01. The summed E-state index contributed by atoms with van der Waals surface area (Å²) in [5.74, 6) is 0.876. The molecule has 1 aromatic rings. The van der Waals surface area contributed by atoms with Crippen LogP contribution in [0, 0.1) is 0 Å². The number of nitrogens with zero attached hydrogens (tertiary/aromatic N) is 5. The maximum atomic E-state index is 9.02. The minimum atomic E-state index is 0.161. The number of hydrogen-bond donors (Lipinski definition) is 1. The van der Waals surface area contributed by atoms with E-state index in [0.29, 0.717) is 19.1 Å². The molecule has 0 bridgehead atoms.